The number of nitrogens with zero attached hydrogens (tertiary/aromatic N) is 1. The van der Waals surface area contributed by atoms with Gasteiger partial charge in [-0.05, 0) is 38.7 Å². The first-order chi connectivity index (χ1) is 8.49. The Kier molecular flexibility index (Phi) is 4.08. The van der Waals surface area contributed by atoms with Crippen LogP contribution in [0.1, 0.15) is 44.4 Å². The molecule has 1 aromatic carbocycles. The van der Waals surface area contributed by atoms with E-state index in [0.29, 0.717) is 12.1 Å². The van der Waals surface area contributed by atoms with Crippen molar-refractivity contribution >= 4 is 0 Å². The summed E-state index contributed by atoms with van der Waals surface area (Å²) in [5.41, 5.74) is 8.98. The van der Waals surface area contributed by atoms with Crippen molar-refractivity contribution in [3.05, 3.63) is 35.4 Å². The van der Waals surface area contributed by atoms with E-state index in [1.165, 1.54) is 24.1 Å². The van der Waals surface area contributed by atoms with Gasteiger partial charge in [-0.3, -0.25) is 4.90 Å². The molecule has 2 heteroatoms. The largest absolute Gasteiger partial charge is 0.323 e. The molecule has 2 N–H and O–H groups in total. The van der Waals surface area contributed by atoms with Crippen molar-refractivity contribution in [2.24, 2.45) is 11.7 Å². The van der Waals surface area contributed by atoms with Crippen LogP contribution >= 0.6 is 0 Å². The monoisotopic (exact) mass is 246 g/mol. The fraction of sp³-hybridized carbons (Fsp3) is 0.625. The molecule has 1 aliphatic heterocycles. The minimum Gasteiger partial charge on any atom is -0.323 e. The highest BCUT2D eigenvalue weighted by Crippen LogP contribution is 2.29. The van der Waals surface area contributed by atoms with E-state index in [0.717, 1.165) is 5.92 Å². The molecule has 1 fully saturated rings. The van der Waals surface area contributed by atoms with Gasteiger partial charge in [-0.1, -0.05) is 36.8 Å². The molecule has 0 radical (unpaired) electrons. The zero-order chi connectivity index (χ0) is 13.3. The van der Waals surface area contributed by atoms with Gasteiger partial charge in [0.2, 0.25) is 0 Å². The van der Waals surface area contributed by atoms with E-state index in [1.807, 2.05) is 0 Å². The molecule has 100 valence electrons. The predicted octanol–water partition coefficient (Wildman–Crippen LogP) is 3.11. The molecule has 1 saturated heterocycles. The van der Waals surface area contributed by atoms with Gasteiger partial charge in [0.15, 0.2) is 0 Å². The first kappa shape index (κ1) is 13.6. The van der Waals surface area contributed by atoms with Gasteiger partial charge in [0, 0.05) is 24.7 Å². The Labute approximate surface area is 111 Å². The summed E-state index contributed by atoms with van der Waals surface area (Å²) in [6, 6.07) is 9.81. The Balaban J connectivity index is 2.08. The van der Waals surface area contributed by atoms with E-state index in [9.17, 15) is 0 Å². The minimum atomic E-state index is 0.110. The third kappa shape index (κ3) is 2.76. The highest BCUT2D eigenvalue weighted by Gasteiger charge is 2.32. The third-order valence-corrected chi connectivity index (χ3v) is 4.34. The fourth-order valence-electron chi connectivity index (χ4n) is 3.17. The molecule has 0 spiro atoms. The van der Waals surface area contributed by atoms with E-state index in [1.54, 1.807) is 0 Å². The van der Waals surface area contributed by atoms with Gasteiger partial charge >= 0.3 is 0 Å². The van der Waals surface area contributed by atoms with Gasteiger partial charge in [0.05, 0.1) is 0 Å². The summed E-state index contributed by atoms with van der Waals surface area (Å²) in [6.07, 6.45) is 1.30. The van der Waals surface area contributed by atoms with E-state index in [-0.39, 0.29) is 6.04 Å². The molecular formula is C16H26N2. The maximum Gasteiger partial charge on any atom is 0.0450 e. The minimum absolute atomic E-state index is 0.110. The smallest absolute Gasteiger partial charge is 0.0450 e. The molecule has 1 aromatic rings. The molecule has 1 aliphatic rings. The molecule has 0 amide bonds. The van der Waals surface area contributed by atoms with Crippen LogP contribution in [0.5, 0.6) is 0 Å². The maximum atomic E-state index is 6.43. The molecule has 1 heterocycles. The van der Waals surface area contributed by atoms with Crippen LogP contribution in [0.3, 0.4) is 0 Å². The lowest BCUT2D eigenvalue weighted by Crippen LogP contribution is -2.42. The first-order valence-corrected chi connectivity index (χ1v) is 7.07. The number of hydrogen-bond donors (Lipinski definition) is 1. The van der Waals surface area contributed by atoms with Crippen LogP contribution < -0.4 is 5.73 Å². The van der Waals surface area contributed by atoms with Crippen molar-refractivity contribution in [2.45, 2.75) is 52.2 Å². The quantitative estimate of drug-likeness (QED) is 0.888. The van der Waals surface area contributed by atoms with E-state index >= 15 is 0 Å². The Morgan fingerprint density at radius 1 is 1.22 bits per heavy atom. The van der Waals surface area contributed by atoms with Gasteiger partial charge in [0.25, 0.3) is 0 Å². The van der Waals surface area contributed by atoms with Crippen LogP contribution in [0.4, 0.5) is 0 Å². The number of aryl methyl sites for hydroxylation is 1. The summed E-state index contributed by atoms with van der Waals surface area (Å²) in [7, 11) is 0. The van der Waals surface area contributed by atoms with Crippen LogP contribution in [0.2, 0.25) is 0 Å². The molecule has 0 aromatic heterocycles. The molecule has 4 atom stereocenters. The van der Waals surface area contributed by atoms with Gasteiger partial charge in [-0.25, -0.2) is 0 Å². The molecule has 4 unspecified atom stereocenters. The van der Waals surface area contributed by atoms with Gasteiger partial charge < -0.3 is 5.73 Å². The second-order valence-electron chi connectivity index (χ2n) is 6.06. The highest BCUT2D eigenvalue weighted by atomic mass is 15.2. The second-order valence-corrected chi connectivity index (χ2v) is 6.06. The average molecular weight is 246 g/mol. The van der Waals surface area contributed by atoms with Crippen LogP contribution in [-0.2, 0) is 0 Å². The van der Waals surface area contributed by atoms with E-state index in [2.05, 4.69) is 56.9 Å². The van der Waals surface area contributed by atoms with Crippen molar-refractivity contribution in [1.29, 1.82) is 0 Å². The van der Waals surface area contributed by atoms with E-state index in [4.69, 9.17) is 5.73 Å². The second kappa shape index (κ2) is 5.41. The Hall–Kier alpha value is -0.860. The lowest BCUT2D eigenvalue weighted by atomic mass is 9.99. The van der Waals surface area contributed by atoms with Crippen molar-refractivity contribution in [2.75, 3.05) is 6.54 Å². The van der Waals surface area contributed by atoms with Crippen molar-refractivity contribution < 1.29 is 0 Å². The summed E-state index contributed by atoms with van der Waals surface area (Å²) in [6.45, 7) is 10.2. The van der Waals surface area contributed by atoms with Crippen molar-refractivity contribution in [3.8, 4) is 0 Å². The SMILES string of the molecule is Cc1ccc(C(N)C(C)N2CC(C)CC2C)cc1. The maximum absolute atomic E-state index is 6.43. The number of rotatable bonds is 3. The van der Waals surface area contributed by atoms with Crippen molar-refractivity contribution in [3.63, 3.8) is 0 Å². The predicted molar refractivity (Wildman–Crippen MR) is 77.5 cm³/mol. The lowest BCUT2D eigenvalue weighted by Gasteiger charge is -2.33. The van der Waals surface area contributed by atoms with Crippen LogP contribution in [0.15, 0.2) is 24.3 Å². The molecular weight excluding hydrogens is 220 g/mol. The molecule has 2 nitrogen and oxygen atoms in total. The van der Waals surface area contributed by atoms with Gasteiger partial charge in [-0.2, -0.15) is 0 Å². The fourth-order valence-corrected chi connectivity index (χ4v) is 3.17. The summed E-state index contributed by atoms with van der Waals surface area (Å²) >= 11 is 0. The molecule has 0 saturated carbocycles. The summed E-state index contributed by atoms with van der Waals surface area (Å²) in [4.78, 5) is 2.56. The Morgan fingerprint density at radius 2 is 1.83 bits per heavy atom. The van der Waals surface area contributed by atoms with E-state index < -0.39 is 0 Å². The normalized spacial score (nSPS) is 28.3. The molecule has 2 rings (SSSR count). The van der Waals surface area contributed by atoms with Crippen LogP contribution in [0.25, 0.3) is 0 Å². The summed E-state index contributed by atoms with van der Waals surface area (Å²) < 4.78 is 0. The Bertz CT molecular complexity index is 385. The average Bonchev–Trinajstić information content (AvgIpc) is 2.67. The zero-order valence-corrected chi connectivity index (χ0v) is 12.1. The highest BCUT2D eigenvalue weighted by molar-refractivity contribution is 5.25. The number of nitrogens with two attached hydrogens (primary N) is 1. The zero-order valence-electron chi connectivity index (χ0n) is 12.1. The third-order valence-electron chi connectivity index (χ3n) is 4.34. The summed E-state index contributed by atoms with van der Waals surface area (Å²) in [5.74, 6) is 0.799. The summed E-state index contributed by atoms with van der Waals surface area (Å²) in [5, 5.41) is 0. The first-order valence-electron chi connectivity index (χ1n) is 7.07. The van der Waals surface area contributed by atoms with Crippen LogP contribution in [0, 0.1) is 12.8 Å². The number of benzene rings is 1. The van der Waals surface area contributed by atoms with Crippen LogP contribution in [-0.4, -0.2) is 23.5 Å². The number of hydrogen-bond acceptors (Lipinski definition) is 2. The molecule has 0 bridgehead atoms. The standard InChI is InChI=1S/C16H26N2/c1-11-5-7-15(8-6-11)16(17)14(4)18-10-12(2)9-13(18)3/h5-8,12-14,16H,9-10,17H2,1-4H3. The van der Waals surface area contributed by atoms with Crippen molar-refractivity contribution in [1.82, 2.24) is 4.90 Å². The topological polar surface area (TPSA) is 29.3 Å². The molecule has 18 heavy (non-hydrogen) atoms. The molecule has 0 aliphatic carbocycles. The van der Waals surface area contributed by atoms with Gasteiger partial charge in [-0.15, -0.1) is 0 Å². The number of likely N-dealkylation sites (tertiary alicyclic amines) is 1. The lowest BCUT2D eigenvalue weighted by molar-refractivity contribution is 0.175. The Morgan fingerprint density at radius 3 is 2.33 bits per heavy atom. The van der Waals surface area contributed by atoms with Gasteiger partial charge in [0.1, 0.15) is 0 Å².